The van der Waals surface area contributed by atoms with Crippen LogP contribution < -0.4 is 4.74 Å². The van der Waals surface area contributed by atoms with Crippen LogP contribution in [0.3, 0.4) is 0 Å². The largest absolute Gasteiger partial charge is 0.497 e. The second kappa shape index (κ2) is 7.70. The van der Waals surface area contributed by atoms with Crippen molar-refractivity contribution < 1.29 is 14.5 Å². The summed E-state index contributed by atoms with van der Waals surface area (Å²) in [6.45, 7) is 0.597. The number of methoxy groups -OCH3 is 1. The molecule has 0 N–H and O–H groups in total. The minimum absolute atomic E-state index is 0.0911. The number of hydrogen-bond donors (Lipinski definition) is 0. The van der Waals surface area contributed by atoms with Crippen LogP contribution in [0.25, 0.3) is 5.69 Å². The molecule has 2 heterocycles. The smallest absolute Gasteiger partial charge is 0.295 e. The van der Waals surface area contributed by atoms with Crippen molar-refractivity contribution in [2.75, 3.05) is 13.7 Å². The molecular weight excluding hydrogens is 374 g/mol. The Labute approximate surface area is 166 Å². The average Bonchev–Trinajstić information content (AvgIpc) is 3.45. The quantitative estimate of drug-likeness (QED) is 0.487. The van der Waals surface area contributed by atoms with Crippen molar-refractivity contribution >= 4 is 11.6 Å². The van der Waals surface area contributed by atoms with Crippen LogP contribution >= 0.6 is 0 Å². The molecule has 1 amide bonds. The van der Waals surface area contributed by atoms with Gasteiger partial charge in [-0.05, 0) is 42.7 Å². The molecule has 29 heavy (non-hydrogen) atoms. The Hall–Kier alpha value is -3.75. The molecule has 9 nitrogen and oxygen atoms in total. The predicted octanol–water partition coefficient (Wildman–Crippen LogP) is 3.16. The van der Waals surface area contributed by atoms with E-state index in [9.17, 15) is 14.9 Å². The third kappa shape index (κ3) is 3.54. The van der Waals surface area contributed by atoms with Crippen molar-refractivity contribution in [3.63, 3.8) is 0 Å². The van der Waals surface area contributed by atoms with Gasteiger partial charge in [0.15, 0.2) is 0 Å². The van der Waals surface area contributed by atoms with Crippen molar-refractivity contribution in [1.29, 1.82) is 0 Å². The first-order chi connectivity index (χ1) is 14.1. The molecule has 1 fully saturated rings. The zero-order valence-electron chi connectivity index (χ0n) is 15.8. The van der Waals surface area contributed by atoms with Crippen LogP contribution in [0, 0.1) is 10.1 Å². The molecule has 3 aromatic rings. The monoisotopic (exact) mass is 393 g/mol. The molecule has 0 saturated carbocycles. The number of rotatable bonds is 5. The molecule has 148 valence electrons. The number of aromatic nitrogens is 3. The van der Waals surface area contributed by atoms with Crippen LogP contribution in [0.1, 0.15) is 34.8 Å². The Balaban J connectivity index is 1.66. The van der Waals surface area contributed by atoms with Crippen LogP contribution in [-0.2, 0) is 0 Å². The van der Waals surface area contributed by atoms with E-state index in [1.807, 2.05) is 24.3 Å². The van der Waals surface area contributed by atoms with Crippen molar-refractivity contribution in [3.8, 4) is 11.4 Å². The van der Waals surface area contributed by atoms with Gasteiger partial charge >= 0.3 is 0 Å². The lowest BCUT2D eigenvalue weighted by Gasteiger charge is -2.25. The zero-order chi connectivity index (χ0) is 20.4. The number of nitrogens with zero attached hydrogens (tertiary/aromatic N) is 5. The van der Waals surface area contributed by atoms with E-state index in [0.717, 1.165) is 24.2 Å². The third-order valence-electron chi connectivity index (χ3n) is 5.08. The summed E-state index contributed by atoms with van der Waals surface area (Å²) in [6, 6.07) is 12.0. The molecule has 1 aliphatic rings. The van der Waals surface area contributed by atoms with E-state index >= 15 is 0 Å². The van der Waals surface area contributed by atoms with Gasteiger partial charge < -0.3 is 9.64 Å². The minimum Gasteiger partial charge on any atom is -0.497 e. The zero-order valence-corrected chi connectivity index (χ0v) is 15.8. The fourth-order valence-electron chi connectivity index (χ4n) is 3.70. The van der Waals surface area contributed by atoms with E-state index in [2.05, 4.69) is 10.1 Å². The van der Waals surface area contributed by atoms with Crippen LogP contribution in [0.4, 0.5) is 5.69 Å². The summed E-state index contributed by atoms with van der Waals surface area (Å²) in [6.07, 6.45) is 4.37. The highest BCUT2D eigenvalue weighted by Crippen LogP contribution is 2.35. The van der Waals surface area contributed by atoms with Crippen LogP contribution in [-0.4, -0.2) is 44.1 Å². The Morgan fingerprint density at radius 1 is 1.28 bits per heavy atom. The van der Waals surface area contributed by atoms with Gasteiger partial charge in [0.05, 0.1) is 18.1 Å². The van der Waals surface area contributed by atoms with E-state index in [-0.39, 0.29) is 28.9 Å². The first kappa shape index (κ1) is 18.6. The number of likely N-dealkylation sites (tertiary alicyclic amines) is 1. The summed E-state index contributed by atoms with van der Waals surface area (Å²) in [7, 11) is 1.60. The molecule has 1 saturated heterocycles. The first-order valence-corrected chi connectivity index (χ1v) is 9.17. The number of amides is 1. The number of nitro benzene ring substituents is 1. The summed E-state index contributed by atoms with van der Waals surface area (Å²) < 4.78 is 6.60. The summed E-state index contributed by atoms with van der Waals surface area (Å²) >= 11 is 0. The van der Waals surface area contributed by atoms with Gasteiger partial charge in [0.25, 0.3) is 11.6 Å². The Kier molecular flexibility index (Phi) is 4.94. The number of ether oxygens (including phenoxy) is 1. The topological polar surface area (TPSA) is 103 Å². The second-order valence-corrected chi connectivity index (χ2v) is 6.73. The molecule has 9 heteroatoms. The molecule has 0 bridgehead atoms. The normalized spacial score (nSPS) is 16.0. The maximum absolute atomic E-state index is 13.2. The molecule has 1 atom stereocenters. The van der Waals surface area contributed by atoms with Gasteiger partial charge in [-0.15, -0.1) is 0 Å². The maximum atomic E-state index is 13.2. The van der Waals surface area contributed by atoms with E-state index in [1.54, 1.807) is 18.1 Å². The Morgan fingerprint density at radius 3 is 2.86 bits per heavy atom. The molecule has 4 rings (SSSR count). The SMILES string of the molecule is COc1cccc(C2CCCN2C(=O)c2ccc(-n3cncn3)c([N+](=O)[O-])c2)c1. The fraction of sp³-hybridized carbons (Fsp3) is 0.250. The Bertz CT molecular complexity index is 1050. The Morgan fingerprint density at radius 2 is 2.14 bits per heavy atom. The van der Waals surface area contributed by atoms with Crippen LogP contribution in [0.2, 0.25) is 0 Å². The standard InChI is InChI=1S/C20H19N5O4/c1-29-16-5-2-4-14(10-16)17-6-3-9-23(17)20(26)15-7-8-18(19(11-15)25(27)28)24-13-21-12-22-24/h2,4-5,7-8,10-13,17H,3,6,9H2,1H3. The summed E-state index contributed by atoms with van der Waals surface area (Å²) in [5.74, 6) is 0.498. The van der Waals surface area contributed by atoms with Gasteiger partial charge in [-0.25, -0.2) is 9.67 Å². The summed E-state index contributed by atoms with van der Waals surface area (Å²) in [5.41, 5.74) is 1.33. The molecule has 1 unspecified atom stereocenters. The molecule has 0 spiro atoms. The summed E-state index contributed by atoms with van der Waals surface area (Å²) in [4.78, 5) is 29.8. The number of carbonyl (C=O) groups excluding carboxylic acids is 1. The molecule has 0 aliphatic carbocycles. The van der Waals surface area contributed by atoms with Crippen molar-refractivity contribution in [3.05, 3.63) is 76.4 Å². The number of hydrogen-bond acceptors (Lipinski definition) is 6. The molecular formula is C20H19N5O4. The maximum Gasteiger partial charge on any atom is 0.295 e. The highest BCUT2D eigenvalue weighted by atomic mass is 16.6. The summed E-state index contributed by atoms with van der Waals surface area (Å²) in [5, 5.41) is 15.5. The van der Waals surface area contributed by atoms with Gasteiger partial charge in [0.2, 0.25) is 0 Å². The fourth-order valence-corrected chi connectivity index (χ4v) is 3.70. The number of carbonyl (C=O) groups is 1. The third-order valence-corrected chi connectivity index (χ3v) is 5.08. The highest BCUT2D eigenvalue weighted by molar-refractivity contribution is 5.95. The van der Waals surface area contributed by atoms with Crippen molar-refractivity contribution in [2.24, 2.45) is 0 Å². The highest BCUT2D eigenvalue weighted by Gasteiger charge is 2.32. The van der Waals surface area contributed by atoms with Gasteiger partial charge in [-0.1, -0.05) is 12.1 Å². The van der Waals surface area contributed by atoms with Crippen molar-refractivity contribution in [1.82, 2.24) is 19.7 Å². The molecule has 2 aromatic carbocycles. The average molecular weight is 393 g/mol. The van der Waals surface area contributed by atoms with E-state index in [0.29, 0.717) is 6.54 Å². The lowest BCUT2D eigenvalue weighted by atomic mass is 10.0. The van der Waals surface area contributed by atoms with Crippen LogP contribution in [0.5, 0.6) is 5.75 Å². The van der Waals surface area contributed by atoms with Crippen molar-refractivity contribution in [2.45, 2.75) is 18.9 Å². The van der Waals surface area contributed by atoms with Crippen LogP contribution in [0.15, 0.2) is 55.1 Å². The number of nitro groups is 1. The van der Waals surface area contributed by atoms with E-state index < -0.39 is 4.92 Å². The molecule has 0 radical (unpaired) electrons. The van der Waals surface area contributed by atoms with E-state index in [1.165, 1.54) is 29.5 Å². The number of benzene rings is 2. The lowest BCUT2D eigenvalue weighted by Crippen LogP contribution is -2.30. The van der Waals surface area contributed by atoms with Gasteiger partial charge in [0.1, 0.15) is 24.1 Å². The minimum atomic E-state index is -0.517. The van der Waals surface area contributed by atoms with Gasteiger partial charge in [0, 0.05) is 18.2 Å². The predicted molar refractivity (Wildman–Crippen MR) is 104 cm³/mol. The molecule has 1 aliphatic heterocycles. The second-order valence-electron chi connectivity index (χ2n) is 6.73. The first-order valence-electron chi connectivity index (χ1n) is 9.17. The van der Waals surface area contributed by atoms with Gasteiger partial charge in [-0.2, -0.15) is 5.10 Å². The molecule has 1 aromatic heterocycles. The van der Waals surface area contributed by atoms with E-state index in [4.69, 9.17) is 4.74 Å². The lowest BCUT2D eigenvalue weighted by molar-refractivity contribution is -0.384. The van der Waals surface area contributed by atoms with Gasteiger partial charge in [-0.3, -0.25) is 14.9 Å².